The van der Waals surface area contributed by atoms with Crippen LogP contribution in [0.15, 0.2) is 46.9 Å². The zero-order valence-corrected chi connectivity index (χ0v) is 12.6. The molecule has 2 aromatic rings. The molecular formula is C15H15BrN2O2. The molecule has 0 heterocycles. The Bertz CT molecular complexity index is 626. The van der Waals surface area contributed by atoms with Crippen LogP contribution in [0.25, 0.3) is 0 Å². The molecule has 0 spiro atoms. The standard InChI is InChI=1S/C15H15BrN2O2/c1-10-13(3-2-4-14(10)16)15(17)9-11-5-7-12(8-6-11)18(19)20/h2-8,15H,9,17H2,1H3. The van der Waals surface area contributed by atoms with Crippen molar-refractivity contribution in [1.29, 1.82) is 0 Å². The van der Waals surface area contributed by atoms with Crippen molar-refractivity contribution in [1.82, 2.24) is 0 Å². The van der Waals surface area contributed by atoms with Crippen LogP contribution in [0, 0.1) is 17.0 Å². The summed E-state index contributed by atoms with van der Waals surface area (Å²) in [4.78, 5) is 10.2. The number of non-ortho nitro benzene ring substituents is 1. The second-order valence-corrected chi connectivity index (χ2v) is 5.54. The van der Waals surface area contributed by atoms with Gasteiger partial charge in [0.2, 0.25) is 0 Å². The molecule has 0 fully saturated rings. The molecule has 20 heavy (non-hydrogen) atoms. The number of hydrogen-bond acceptors (Lipinski definition) is 3. The minimum atomic E-state index is -0.401. The Labute approximate surface area is 125 Å². The Morgan fingerprint density at radius 3 is 2.50 bits per heavy atom. The monoisotopic (exact) mass is 334 g/mol. The number of nitro benzene ring substituents is 1. The summed E-state index contributed by atoms with van der Waals surface area (Å²) in [6.07, 6.45) is 0.648. The zero-order valence-electron chi connectivity index (χ0n) is 11.0. The van der Waals surface area contributed by atoms with Gasteiger partial charge in [-0.3, -0.25) is 10.1 Å². The van der Waals surface area contributed by atoms with Crippen LogP contribution in [0.1, 0.15) is 22.7 Å². The molecule has 0 aliphatic carbocycles. The molecule has 1 unspecified atom stereocenters. The Balaban J connectivity index is 2.17. The number of nitro groups is 1. The molecule has 2 N–H and O–H groups in total. The van der Waals surface area contributed by atoms with Crippen LogP contribution in [0.2, 0.25) is 0 Å². The van der Waals surface area contributed by atoms with Gasteiger partial charge in [-0.05, 0) is 36.1 Å². The highest BCUT2D eigenvalue weighted by molar-refractivity contribution is 9.10. The Kier molecular flexibility index (Phi) is 4.52. The first-order valence-corrected chi connectivity index (χ1v) is 7.02. The van der Waals surface area contributed by atoms with E-state index in [1.54, 1.807) is 12.1 Å². The van der Waals surface area contributed by atoms with Crippen molar-refractivity contribution in [3.8, 4) is 0 Å². The normalized spacial score (nSPS) is 12.2. The highest BCUT2D eigenvalue weighted by Gasteiger charge is 2.12. The van der Waals surface area contributed by atoms with Gasteiger partial charge in [-0.1, -0.05) is 40.2 Å². The maximum atomic E-state index is 10.6. The topological polar surface area (TPSA) is 69.2 Å². The molecule has 0 bridgehead atoms. The van der Waals surface area contributed by atoms with Gasteiger partial charge in [0.25, 0.3) is 5.69 Å². The number of hydrogen-bond donors (Lipinski definition) is 1. The van der Waals surface area contributed by atoms with E-state index in [-0.39, 0.29) is 11.7 Å². The van der Waals surface area contributed by atoms with Gasteiger partial charge >= 0.3 is 0 Å². The van der Waals surface area contributed by atoms with E-state index in [0.717, 1.165) is 21.2 Å². The molecular weight excluding hydrogens is 320 g/mol. The van der Waals surface area contributed by atoms with E-state index in [2.05, 4.69) is 15.9 Å². The van der Waals surface area contributed by atoms with Crippen molar-refractivity contribution < 1.29 is 4.92 Å². The lowest BCUT2D eigenvalue weighted by Crippen LogP contribution is -2.14. The van der Waals surface area contributed by atoms with Gasteiger partial charge in [-0.2, -0.15) is 0 Å². The Morgan fingerprint density at radius 2 is 1.90 bits per heavy atom. The molecule has 5 heteroatoms. The summed E-state index contributed by atoms with van der Waals surface area (Å²) in [5.74, 6) is 0. The fraction of sp³-hybridized carbons (Fsp3) is 0.200. The van der Waals surface area contributed by atoms with Crippen LogP contribution < -0.4 is 5.73 Å². The number of halogens is 1. The van der Waals surface area contributed by atoms with E-state index in [4.69, 9.17) is 5.73 Å². The summed E-state index contributed by atoms with van der Waals surface area (Å²) in [5, 5.41) is 10.6. The van der Waals surface area contributed by atoms with Gasteiger partial charge in [0.15, 0.2) is 0 Å². The van der Waals surface area contributed by atoms with E-state index in [9.17, 15) is 10.1 Å². The van der Waals surface area contributed by atoms with Crippen molar-refractivity contribution >= 4 is 21.6 Å². The van der Waals surface area contributed by atoms with Crippen molar-refractivity contribution in [2.45, 2.75) is 19.4 Å². The van der Waals surface area contributed by atoms with E-state index in [1.165, 1.54) is 12.1 Å². The third-order valence-electron chi connectivity index (χ3n) is 3.31. The minimum absolute atomic E-state index is 0.0981. The molecule has 104 valence electrons. The highest BCUT2D eigenvalue weighted by atomic mass is 79.9. The zero-order chi connectivity index (χ0) is 14.7. The molecule has 1 atom stereocenters. The molecule has 0 saturated carbocycles. The smallest absolute Gasteiger partial charge is 0.269 e. The predicted octanol–water partition coefficient (Wildman–Crippen LogP) is 3.91. The average molecular weight is 335 g/mol. The third kappa shape index (κ3) is 3.23. The van der Waals surface area contributed by atoms with E-state index in [1.807, 2.05) is 25.1 Å². The summed E-state index contributed by atoms with van der Waals surface area (Å²) < 4.78 is 1.04. The van der Waals surface area contributed by atoms with E-state index >= 15 is 0 Å². The van der Waals surface area contributed by atoms with Crippen LogP contribution in [0.5, 0.6) is 0 Å². The maximum Gasteiger partial charge on any atom is 0.269 e. The van der Waals surface area contributed by atoms with Gasteiger partial charge in [0.1, 0.15) is 0 Å². The molecule has 0 aliphatic rings. The van der Waals surface area contributed by atoms with Crippen molar-refractivity contribution in [2.75, 3.05) is 0 Å². The molecule has 2 aromatic carbocycles. The first kappa shape index (κ1) is 14.7. The van der Waals surface area contributed by atoms with Gasteiger partial charge in [0.05, 0.1) is 4.92 Å². The maximum absolute atomic E-state index is 10.6. The first-order valence-electron chi connectivity index (χ1n) is 6.23. The van der Waals surface area contributed by atoms with Crippen molar-refractivity contribution in [3.63, 3.8) is 0 Å². The Hall–Kier alpha value is -1.72. The lowest BCUT2D eigenvalue weighted by Gasteiger charge is -2.15. The van der Waals surface area contributed by atoms with E-state index in [0.29, 0.717) is 6.42 Å². The highest BCUT2D eigenvalue weighted by Crippen LogP contribution is 2.26. The van der Waals surface area contributed by atoms with Crippen LogP contribution in [0.3, 0.4) is 0 Å². The largest absolute Gasteiger partial charge is 0.324 e. The molecule has 0 radical (unpaired) electrons. The minimum Gasteiger partial charge on any atom is -0.324 e. The fourth-order valence-electron chi connectivity index (χ4n) is 2.14. The van der Waals surface area contributed by atoms with Gasteiger partial charge < -0.3 is 5.73 Å². The van der Waals surface area contributed by atoms with E-state index < -0.39 is 4.92 Å². The van der Waals surface area contributed by atoms with Crippen LogP contribution in [-0.4, -0.2) is 4.92 Å². The predicted molar refractivity (Wildman–Crippen MR) is 82.6 cm³/mol. The average Bonchev–Trinajstić information content (AvgIpc) is 2.42. The third-order valence-corrected chi connectivity index (χ3v) is 4.17. The summed E-state index contributed by atoms with van der Waals surface area (Å²) in [7, 11) is 0. The van der Waals surface area contributed by atoms with Crippen LogP contribution in [0.4, 0.5) is 5.69 Å². The first-order chi connectivity index (χ1) is 9.49. The summed E-state index contributed by atoms with van der Waals surface area (Å²) >= 11 is 3.49. The quantitative estimate of drug-likeness (QED) is 0.680. The van der Waals surface area contributed by atoms with Gasteiger partial charge in [-0.25, -0.2) is 0 Å². The fourth-order valence-corrected chi connectivity index (χ4v) is 2.53. The SMILES string of the molecule is Cc1c(Br)cccc1C(N)Cc1ccc([N+](=O)[O-])cc1. The lowest BCUT2D eigenvalue weighted by molar-refractivity contribution is -0.384. The number of nitrogens with two attached hydrogens (primary N) is 1. The van der Waals surface area contributed by atoms with Crippen LogP contribution >= 0.6 is 15.9 Å². The number of nitrogens with zero attached hydrogens (tertiary/aromatic N) is 1. The number of benzene rings is 2. The molecule has 0 aromatic heterocycles. The van der Waals surface area contributed by atoms with Crippen LogP contribution in [-0.2, 0) is 6.42 Å². The molecule has 2 rings (SSSR count). The second kappa shape index (κ2) is 6.15. The van der Waals surface area contributed by atoms with Gasteiger partial charge in [-0.15, -0.1) is 0 Å². The summed E-state index contributed by atoms with van der Waals surface area (Å²) in [5.41, 5.74) is 9.53. The van der Waals surface area contributed by atoms with Gasteiger partial charge in [0, 0.05) is 22.6 Å². The molecule has 0 aliphatic heterocycles. The molecule has 0 saturated heterocycles. The van der Waals surface area contributed by atoms with Crippen molar-refractivity contribution in [2.24, 2.45) is 5.73 Å². The lowest BCUT2D eigenvalue weighted by atomic mass is 9.96. The Morgan fingerprint density at radius 1 is 1.25 bits per heavy atom. The number of rotatable bonds is 4. The molecule has 4 nitrogen and oxygen atoms in total. The summed E-state index contributed by atoms with van der Waals surface area (Å²) in [6, 6.07) is 12.4. The second-order valence-electron chi connectivity index (χ2n) is 4.69. The van der Waals surface area contributed by atoms with Crippen molar-refractivity contribution in [3.05, 3.63) is 73.7 Å². The molecule has 0 amide bonds. The summed E-state index contributed by atoms with van der Waals surface area (Å²) in [6.45, 7) is 2.02.